The second-order valence-corrected chi connectivity index (χ2v) is 6.52. The van der Waals surface area contributed by atoms with Gasteiger partial charge in [-0.25, -0.2) is 4.39 Å². The molecule has 0 amide bonds. The minimum Gasteiger partial charge on any atom is -0.494 e. The molecule has 0 radical (unpaired) electrons. The number of methoxy groups -OCH3 is 1. The lowest BCUT2D eigenvalue weighted by Gasteiger charge is -2.41. The Morgan fingerprint density at radius 2 is 1.87 bits per heavy atom. The van der Waals surface area contributed by atoms with Gasteiger partial charge in [0.1, 0.15) is 0 Å². The highest BCUT2D eigenvalue weighted by Gasteiger charge is 2.31. The van der Waals surface area contributed by atoms with Crippen LogP contribution in [0.25, 0.3) is 0 Å². The Balaban J connectivity index is 0.00000192. The number of piperazine rings is 1. The van der Waals surface area contributed by atoms with Crippen LogP contribution in [0, 0.1) is 11.7 Å². The van der Waals surface area contributed by atoms with E-state index in [0.717, 1.165) is 31.7 Å². The van der Waals surface area contributed by atoms with Crippen LogP contribution in [0.1, 0.15) is 43.7 Å². The molecule has 130 valence electrons. The van der Waals surface area contributed by atoms with E-state index in [9.17, 15) is 4.39 Å². The van der Waals surface area contributed by atoms with E-state index in [0.29, 0.717) is 17.7 Å². The Hall–Kier alpha value is -0.840. The number of ether oxygens (including phenoxy) is 1. The molecule has 1 N–H and O–H groups in total. The molecule has 3 rings (SSSR count). The molecule has 5 heteroatoms. The van der Waals surface area contributed by atoms with Crippen molar-refractivity contribution in [2.45, 2.75) is 38.1 Å². The summed E-state index contributed by atoms with van der Waals surface area (Å²) < 4.78 is 19.3. The molecule has 0 spiro atoms. The lowest BCUT2D eigenvalue weighted by molar-refractivity contribution is 0.103. The van der Waals surface area contributed by atoms with E-state index in [4.69, 9.17) is 4.74 Å². The zero-order valence-corrected chi connectivity index (χ0v) is 14.7. The summed E-state index contributed by atoms with van der Waals surface area (Å²) in [6.45, 7) is 4.16. The Labute approximate surface area is 145 Å². The number of benzene rings is 1. The fourth-order valence-corrected chi connectivity index (χ4v) is 4.06. The predicted molar refractivity (Wildman–Crippen MR) is 94.0 cm³/mol. The lowest BCUT2D eigenvalue weighted by atomic mass is 9.80. The summed E-state index contributed by atoms with van der Waals surface area (Å²) in [5.41, 5.74) is 1.12. The zero-order valence-electron chi connectivity index (χ0n) is 13.9. The lowest BCUT2D eigenvalue weighted by Crippen LogP contribution is -2.47. The van der Waals surface area contributed by atoms with Crippen LogP contribution in [0.2, 0.25) is 0 Å². The minimum atomic E-state index is -0.240. The largest absolute Gasteiger partial charge is 0.494 e. The SMILES string of the molecule is COc1ccc([C@H](C2CCCCC2)N2CCNCC2)cc1F.Cl. The van der Waals surface area contributed by atoms with Gasteiger partial charge in [-0.2, -0.15) is 0 Å². The van der Waals surface area contributed by atoms with Gasteiger partial charge < -0.3 is 10.1 Å². The van der Waals surface area contributed by atoms with Gasteiger partial charge in [0, 0.05) is 32.2 Å². The van der Waals surface area contributed by atoms with Crippen molar-refractivity contribution >= 4 is 12.4 Å². The van der Waals surface area contributed by atoms with Gasteiger partial charge in [-0.3, -0.25) is 4.90 Å². The first-order valence-corrected chi connectivity index (χ1v) is 8.58. The summed E-state index contributed by atoms with van der Waals surface area (Å²) in [4.78, 5) is 2.55. The van der Waals surface area contributed by atoms with E-state index < -0.39 is 0 Å². The molecule has 1 aliphatic heterocycles. The van der Waals surface area contributed by atoms with Gasteiger partial charge in [0.2, 0.25) is 0 Å². The van der Waals surface area contributed by atoms with Gasteiger partial charge in [0.15, 0.2) is 11.6 Å². The van der Waals surface area contributed by atoms with E-state index in [1.165, 1.54) is 39.2 Å². The summed E-state index contributed by atoms with van der Waals surface area (Å²) in [5, 5.41) is 3.42. The molecule has 0 aromatic heterocycles. The molecular formula is C18H28ClFN2O. The normalized spacial score (nSPS) is 21.5. The van der Waals surface area contributed by atoms with E-state index >= 15 is 0 Å². The van der Waals surface area contributed by atoms with Crippen molar-refractivity contribution in [3.63, 3.8) is 0 Å². The maximum absolute atomic E-state index is 14.2. The van der Waals surface area contributed by atoms with Crippen LogP contribution in [0.15, 0.2) is 18.2 Å². The zero-order chi connectivity index (χ0) is 15.4. The molecule has 0 bridgehead atoms. The number of hydrogen-bond donors (Lipinski definition) is 1. The number of nitrogens with one attached hydrogen (secondary N) is 1. The Kier molecular flexibility index (Phi) is 7.12. The topological polar surface area (TPSA) is 24.5 Å². The van der Waals surface area contributed by atoms with Crippen molar-refractivity contribution in [1.82, 2.24) is 10.2 Å². The fraction of sp³-hybridized carbons (Fsp3) is 0.667. The summed E-state index contributed by atoms with van der Waals surface area (Å²) in [7, 11) is 1.52. The van der Waals surface area contributed by atoms with E-state index in [2.05, 4.69) is 16.3 Å². The van der Waals surface area contributed by atoms with Crippen molar-refractivity contribution in [2.24, 2.45) is 5.92 Å². The smallest absolute Gasteiger partial charge is 0.165 e. The maximum Gasteiger partial charge on any atom is 0.165 e. The second kappa shape index (κ2) is 8.86. The van der Waals surface area contributed by atoms with Crippen LogP contribution in [-0.2, 0) is 0 Å². The average molecular weight is 343 g/mol. The van der Waals surface area contributed by atoms with Crippen LogP contribution >= 0.6 is 12.4 Å². The third kappa shape index (κ3) is 4.37. The van der Waals surface area contributed by atoms with E-state index in [-0.39, 0.29) is 18.2 Å². The molecule has 1 atom stereocenters. The molecule has 2 fully saturated rings. The number of halogens is 2. The molecule has 2 aliphatic rings. The highest BCUT2D eigenvalue weighted by atomic mass is 35.5. The van der Waals surface area contributed by atoms with Gasteiger partial charge >= 0.3 is 0 Å². The van der Waals surface area contributed by atoms with Crippen molar-refractivity contribution < 1.29 is 9.13 Å². The molecule has 1 aromatic carbocycles. The number of rotatable bonds is 4. The van der Waals surface area contributed by atoms with E-state index in [1.807, 2.05) is 0 Å². The monoisotopic (exact) mass is 342 g/mol. The molecule has 23 heavy (non-hydrogen) atoms. The van der Waals surface area contributed by atoms with Crippen LogP contribution in [0.3, 0.4) is 0 Å². The summed E-state index contributed by atoms with van der Waals surface area (Å²) in [5.74, 6) is 0.752. The van der Waals surface area contributed by atoms with Gasteiger partial charge in [-0.15, -0.1) is 12.4 Å². The first kappa shape index (κ1) is 18.5. The third-order valence-electron chi connectivity index (χ3n) is 5.16. The fourth-order valence-electron chi connectivity index (χ4n) is 4.06. The second-order valence-electron chi connectivity index (χ2n) is 6.52. The highest BCUT2D eigenvalue weighted by Crippen LogP contribution is 2.39. The van der Waals surface area contributed by atoms with Gasteiger partial charge in [-0.05, 0) is 36.5 Å². The van der Waals surface area contributed by atoms with Gasteiger partial charge in [0.25, 0.3) is 0 Å². The van der Waals surface area contributed by atoms with Crippen molar-refractivity contribution in [1.29, 1.82) is 0 Å². The van der Waals surface area contributed by atoms with E-state index in [1.54, 1.807) is 12.1 Å². The van der Waals surface area contributed by atoms with Crippen molar-refractivity contribution in [3.05, 3.63) is 29.6 Å². The molecule has 1 aliphatic carbocycles. The van der Waals surface area contributed by atoms with Crippen molar-refractivity contribution in [2.75, 3.05) is 33.3 Å². The number of nitrogens with zero attached hydrogens (tertiary/aromatic N) is 1. The average Bonchev–Trinajstić information content (AvgIpc) is 2.57. The molecule has 1 saturated carbocycles. The molecule has 0 unspecified atom stereocenters. The molecule has 1 saturated heterocycles. The van der Waals surface area contributed by atoms with Crippen LogP contribution in [0.4, 0.5) is 4.39 Å². The Bertz CT molecular complexity index is 470. The summed E-state index contributed by atoms with van der Waals surface area (Å²) in [6.07, 6.45) is 6.50. The van der Waals surface area contributed by atoms with Crippen LogP contribution in [0.5, 0.6) is 5.75 Å². The Morgan fingerprint density at radius 3 is 2.48 bits per heavy atom. The summed E-state index contributed by atoms with van der Waals surface area (Å²) >= 11 is 0. The number of hydrogen-bond acceptors (Lipinski definition) is 3. The first-order chi connectivity index (χ1) is 10.8. The summed E-state index contributed by atoms with van der Waals surface area (Å²) in [6, 6.07) is 5.88. The highest BCUT2D eigenvalue weighted by molar-refractivity contribution is 5.85. The standard InChI is InChI=1S/C18H27FN2O.ClH/c1-22-17-8-7-15(13-16(17)19)18(14-5-3-2-4-6-14)21-11-9-20-10-12-21;/h7-8,13-14,18,20H,2-6,9-12H2,1H3;1H/t18-;/m0./s1. The Morgan fingerprint density at radius 1 is 1.17 bits per heavy atom. The molecular weight excluding hydrogens is 315 g/mol. The maximum atomic E-state index is 14.2. The van der Waals surface area contributed by atoms with Crippen molar-refractivity contribution in [3.8, 4) is 5.75 Å². The third-order valence-corrected chi connectivity index (χ3v) is 5.16. The van der Waals surface area contributed by atoms with Crippen LogP contribution in [-0.4, -0.2) is 38.2 Å². The van der Waals surface area contributed by atoms with Crippen LogP contribution < -0.4 is 10.1 Å². The molecule has 3 nitrogen and oxygen atoms in total. The molecule has 1 aromatic rings. The van der Waals surface area contributed by atoms with Gasteiger partial charge in [-0.1, -0.05) is 25.3 Å². The first-order valence-electron chi connectivity index (χ1n) is 8.58. The minimum absolute atomic E-state index is 0. The quantitative estimate of drug-likeness (QED) is 0.901. The molecule has 1 heterocycles. The van der Waals surface area contributed by atoms with Gasteiger partial charge in [0.05, 0.1) is 7.11 Å². The predicted octanol–water partition coefficient (Wildman–Crippen LogP) is 3.78.